The van der Waals surface area contributed by atoms with Gasteiger partial charge in [0.1, 0.15) is 0 Å². The molecule has 0 atom stereocenters. The number of nitrogens with one attached hydrogen (secondary N) is 1. The van der Waals surface area contributed by atoms with Crippen LogP contribution in [0.15, 0.2) is 29.2 Å². The van der Waals surface area contributed by atoms with Crippen LogP contribution < -0.4 is 10.5 Å². The molecule has 6 heteroatoms. The van der Waals surface area contributed by atoms with Gasteiger partial charge in [-0.2, -0.15) is 0 Å². The maximum absolute atomic E-state index is 12.2. The number of hydrogen-bond acceptors (Lipinski definition) is 3. The van der Waals surface area contributed by atoms with E-state index in [0.29, 0.717) is 5.92 Å². The summed E-state index contributed by atoms with van der Waals surface area (Å²) in [7, 11) is -3.49. The molecule has 0 aliphatic heterocycles. The van der Waals surface area contributed by atoms with E-state index in [9.17, 15) is 8.42 Å². The summed E-state index contributed by atoms with van der Waals surface area (Å²) in [5.41, 5.74) is 6.76. The maximum atomic E-state index is 12.2. The minimum absolute atomic E-state index is 0. The molecule has 0 saturated carbocycles. The third-order valence-electron chi connectivity index (χ3n) is 3.88. The molecule has 4 nitrogen and oxygen atoms in total. The van der Waals surface area contributed by atoms with Gasteiger partial charge in [0, 0.05) is 12.1 Å². The number of sulfonamides is 1. The van der Waals surface area contributed by atoms with Crippen molar-refractivity contribution in [1.82, 2.24) is 4.72 Å². The molecule has 0 bridgehead atoms. The molecule has 0 fully saturated rings. The van der Waals surface area contributed by atoms with Gasteiger partial charge in [0.2, 0.25) is 10.0 Å². The zero-order chi connectivity index (χ0) is 15.4. The normalized spacial score (nSPS) is 12.3. The number of halogens is 1. The first-order chi connectivity index (χ1) is 9.24. The number of rotatable bonds is 7. The molecule has 1 aromatic carbocycles. The van der Waals surface area contributed by atoms with Crippen LogP contribution in [-0.2, 0) is 10.0 Å². The van der Waals surface area contributed by atoms with E-state index in [0.717, 1.165) is 18.4 Å². The Morgan fingerprint density at radius 2 is 1.62 bits per heavy atom. The quantitative estimate of drug-likeness (QED) is 0.805. The Bertz CT molecular complexity index is 523. The lowest BCUT2D eigenvalue weighted by atomic mass is 9.95. The first-order valence-electron chi connectivity index (χ1n) is 7.12. The molecular weight excluding hydrogens is 308 g/mol. The summed E-state index contributed by atoms with van der Waals surface area (Å²) in [6.07, 6.45) is 1.47. The Balaban J connectivity index is 0.00000400. The second kappa shape index (κ2) is 8.13. The maximum Gasteiger partial charge on any atom is 0.240 e. The number of hydrogen-bond donors (Lipinski definition) is 2. The van der Waals surface area contributed by atoms with Gasteiger partial charge in [-0.25, -0.2) is 13.1 Å². The van der Waals surface area contributed by atoms with E-state index < -0.39 is 15.6 Å². The molecule has 21 heavy (non-hydrogen) atoms. The van der Waals surface area contributed by atoms with E-state index >= 15 is 0 Å². The number of benzene rings is 1. The lowest BCUT2D eigenvalue weighted by molar-refractivity contribution is 0.392. The van der Waals surface area contributed by atoms with Gasteiger partial charge in [-0.3, -0.25) is 0 Å². The smallest absolute Gasteiger partial charge is 0.240 e. The lowest BCUT2D eigenvalue weighted by Gasteiger charge is -2.26. The van der Waals surface area contributed by atoms with Gasteiger partial charge in [-0.15, -0.1) is 12.4 Å². The van der Waals surface area contributed by atoms with Crippen molar-refractivity contribution in [3.63, 3.8) is 0 Å². The van der Waals surface area contributed by atoms with Gasteiger partial charge in [0.25, 0.3) is 0 Å². The molecule has 0 unspecified atom stereocenters. The fourth-order valence-electron chi connectivity index (χ4n) is 1.85. The summed E-state index contributed by atoms with van der Waals surface area (Å²) in [4.78, 5) is 0.288. The predicted octanol–water partition coefficient (Wildman–Crippen LogP) is 3.03. The molecule has 1 aromatic rings. The summed E-state index contributed by atoms with van der Waals surface area (Å²) in [6, 6.07) is 7.00. The second-order valence-electron chi connectivity index (χ2n) is 5.62. The SMILES string of the molecule is CCC(N)(CC)CNS(=O)(=O)c1ccc(C(C)C)cc1.Cl. The first-order valence-corrected chi connectivity index (χ1v) is 8.61. The molecule has 3 N–H and O–H groups in total. The molecule has 0 saturated heterocycles. The summed E-state index contributed by atoms with van der Waals surface area (Å²) >= 11 is 0. The van der Waals surface area contributed by atoms with Crippen molar-refractivity contribution in [2.24, 2.45) is 5.73 Å². The molecule has 0 aliphatic carbocycles. The van der Waals surface area contributed by atoms with E-state index in [1.807, 2.05) is 26.0 Å². The van der Waals surface area contributed by atoms with E-state index in [1.165, 1.54) is 0 Å². The average Bonchev–Trinajstić information content (AvgIpc) is 2.45. The van der Waals surface area contributed by atoms with E-state index in [4.69, 9.17) is 5.73 Å². The standard InChI is InChI=1S/C15H26N2O2S.ClH/c1-5-15(16,6-2)11-17-20(18,19)14-9-7-13(8-10-14)12(3)4;/h7-10,12,17H,5-6,11,16H2,1-4H3;1H. The van der Waals surface area contributed by atoms with Gasteiger partial charge in [-0.05, 0) is 36.5 Å². The van der Waals surface area contributed by atoms with Crippen LogP contribution in [-0.4, -0.2) is 20.5 Å². The van der Waals surface area contributed by atoms with Crippen molar-refractivity contribution in [1.29, 1.82) is 0 Å². The summed E-state index contributed by atoms with van der Waals surface area (Å²) in [6.45, 7) is 8.35. The van der Waals surface area contributed by atoms with Crippen LogP contribution in [0, 0.1) is 0 Å². The van der Waals surface area contributed by atoms with Gasteiger partial charge in [0.15, 0.2) is 0 Å². The van der Waals surface area contributed by atoms with Crippen LogP contribution in [0.25, 0.3) is 0 Å². The van der Waals surface area contributed by atoms with Crippen molar-refractivity contribution >= 4 is 22.4 Å². The van der Waals surface area contributed by atoms with Crippen LogP contribution in [0.5, 0.6) is 0 Å². The molecule has 122 valence electrons. The summed E-state index contributed by atoms with van der Waals surface area (Å²) < 4.78 is 27.1. The third kappa shape index (κ3) is 5.58. The summed E-state index contributed by atoms with van der Waals surface area (Å²) in [5, 5.41) is 0. The Hall–Kier alpha value is -0.620. The van der Waals surface area contributed by atoms with Crippen molar-refractivity contribution < 1.29 is 8.42 Å². The van der Waals surface area contributed by atoms with Gasteiger partial charge < -0.3 is 5.73 Å². The van der Waals surface area contributed by atoms with Crippen LogP contribution in [0.2, 0.25) is 0 Å². The lowest BCUT2D eigenvalue weighted by Crippen LogP contribution is -2.49. The zero-order valence-corrected chi connectivity index (χ0v) is 14.9. The van der Waals surface area contributed by atoms with Crippen LogP contribution in [0.3, 0.4) is 0 Å². The molecule has 1 rings (SSSR count). The molecule has 0 aliphatic rings. The number of nitrogens with two attached hydrogens (primary N) is 1. The highest BCUT2D eigenvalue weighted by Gasteiger charge is 2.23. The monoisotopic (exact) mass is 334 g/mol. The van der Waals surface area contributed by atoms with E-state index in [2.05, 4.69) is 18.6 Å². The molecule has 0 radical (unpaired) electrons. The summed E-state index contributed by atoms with van der Waals surface area (Å²) in [5.74, 6) is 0.386. The molecule has 0 aromatic heterocycles. The fourth-order valence-corrected chi connectivity index (χ4v) is 2.99. The van der Waals surface area contributed by atoms with Crippen molar-refractivity contribution in [2.75, 3.05) is 6.54 Å². The highest BCUT2D eigenvalue weighted by Crippen LogP contribution is 2.18. The van der Waals surface area contributed by atoms with Crippen molar-refractivity contribution in [3.8, 4) is 0 Å². The minimum atomic E-state index is -3.49. The third-order valence-corrected chi connectivity index (χ3v) is 5.30. The Labute approximate surface area is 135 Å². The highest BCUT2D eigenvalue weighted by atomic mass is 35.5. The topological polar surface area (TPSA) is 72.2 Å². The first kappa shape index (κ1) is 20.4. The largest absolute Gasteiger partial charge is 0.324 e. The van der Waals surface area contributed by atoms with Crippen LogP contribution in [0.4, 0.5) is 0 Å². The van der Waals surface area contributed by atoms with Crippen LogP contribution >= 0.6 is 12.4 Å². The van der Waals surface area contributed by atoms with Gasteiger partial charge in [-0.1, -0.05) is 39.8 Å². The molecule has 0 amide bonds. The minimum Gasteiger partial charge on any atom is -0.324 e. The zero-order valence-electron chi connectivity index (χ0n) is 13.2. The Morgan fingerprint density at radius 1 is 1.14 bits per heavy atom. The second-order valence-corrected chi connectivity index (χ2v) is 7.38. The molecule has 0 heterocycles. The fraction of sp³-hybridized carbons (Fsp3) is 0.600. The molecular formula is C15H27ClN2O2S. The average molecular weight is 335 g/mol. The van der Waals surface area contributed by atoms with Crippen molar-refractivity contribution in [3.05, 3.63) is 29.8 Å². The predicted molar refractivity (Wildman–Crippen MR) is 90.5 cm³/mol. The van der Waals surface area contributed by atoms with E-state index in [1.54, 1.807) is 12.1 Å². The Kier molecular flexibility index (Phi) is 7.89. The Morgan fingerprint density at radius 3 is 2.00 bits per heavy atom. The van der Waals surface area contributed by atoms with E-state index in [-0.39, 0.29) is 23.8 Å². The highest BCUT2D eigenvalue weighted by molar-refractivity contribution is 7.89. The van der Waals surface area contributed by atoms with Gasteiger partial charge >= 0.3 is 0 Å². The molecule has 0 spiro atoms. The van der Waals surface area contributed by atoms with Gasteiger partial charge in [0.05, 0.1) is 4.90 Å². The van der Waals surface area contributed by atoms with Crippen LogP contribution in [0.1, 0.15) is 52.0 Å². The van der Waals surface area contributed by atoms with Crippen molar-refractivity contribution in [2.45, 2.75) is 56.9 Å².